The zero-order valence-corrected chi connectivity index (χ0v) is 14.5. The number of benzene rings is 1. The molecule has 0 aliphatic carbocycles. The first-order valence-corrected chi connectivity index (χ1v) is 9.49. The van der Waals surface area contributed by atoms with Gasteiger partial charge >= 0.3 is 0 Å². The molecular formula is C17H25N3O2S. The van der Waals surface area contributed by atoms with Gasteiger partial charge in [-0.15, -0.1) is 0 Å². The smallest absolute Gasteiger partial charge is 0.231 e. The molecule has 5 nitrogen and oxygen atoms in total. The summed E-state index contributed by atoms with van der Waals surface area (Å²) in [7, 11) is 0. The van der Waals surface area contributed by atoms with E-state index in [9.17, 15) is 0 Å². The first-order valence-electron chi connectivity index (χ1n) is 8.33. The van der Waals surface area contributed by atoms with Crippen molar-refractivity contribution in [2.75, 3.05) is 31.4 Å². The van der Waals surface area contributed by atoms with Gasteiger partial charge in [0.2, 0.25) is 6.79 Å². The third-order valence-corrected chi connectivity index (χ3v) is 5.15. The quantitative estimate of drug-likeness (QED) is 0.640. The van der Waals surface area contributed by atoms with Gasteiger partial charge in [-0.1, -0.05) is 6.07 Å². The van der Waals surface area contributed by atoms with Gasteiger partial charge in [0.05, 0.1) is 6.54 Å². The molecular weight excluding hydrogens is 310 g/mol. The van der Waals surface area contributed by atoms with Crippen LogP contribution < -0.4 is 20.1 Å². The van der Waals surface area contributed by atoms with Crippen molar-refractivity contribution in [3.8, 4) is 11.5 Å². The van der Waals surface area contributed by atoms with Crippen LogP contribution in [0.2, 0.25) is 0 Å². The van der Waals surface area contributed by atoms with Gasteiger partial charge in [0.25, 0.3) is 0 Å². The molecule has 2 N–H and O–H groups in total. The van der Waals surface area contributed by atoms with Crippen molar-refractivity contribution in [3.63, 3.8) is 0 Å². The van der Waals surface area contributed by atoms with E-state index in [1.165, 1.54) is 24.3 Å². The summed E-state index contributed by atoms with van der Waals surface area (Å²) in [6.07, 6.45) is 2.61. The highest BCUT2D eigenvalue weighted by Crippen LogP contribution is 2.32. The van der Waals surface area contributed by atoms with Crippen LogP contribution in [-0.4, -0.2) is 37.3 Å². The molecule has 0 aromatic heterocycles. The minimum atomic E-state index is 0.311. The number of fused-ring (bicyclic) bond motifs is 1. The Labute approximate surface area is 142 Å². The van der Waals surface area contributed by atoms with Crippen LogP contribution in [0.5, 0.6) is 11.5 Å². The molecule has 0 amide bonds. The second kappa shape index (κ2) is 8.34. The standard InChI is InChI=1S/C17H25N3O2S/c1-2-18-17(19-10-13-5-7-23-8-6-13)20-11-14-3-4-15-16(9-14)22-12-21-15/h3-4,9,13H,2,5-8,10-12H2,1H3,(H2,18,19,20). The lowest BCUT2D eigenvalue weighted by molar-refractivity contribution is 0.174. The van der Waals surface area contributed by atoms with E-state index in [1.54, 1.807) is 0 Å². The van der Waals surface area contributed by atoms with Crippen molar-refractivity contribution < 1.29 is 9.47 Å². The predicted molar refractivity (Wildman–Crippen MR) is 95.4 cm³/mol. The highest BCUT2D eigenvalue weighted by atomic mass is 32.2. The molecule has 2 aliphatic heterocycles. The van der Waals surface area contributed by atoms with Crippen molar-refractivity contribution in [2.24, 2.45) is 10.9 Å². The summed E-state index contributed by atoms with van der Waals surface area (Å²) in [5.74, 6) is 5.87. The van der Waals surface area contributed by atoms with Crippen LogP contribution in [0.25, 0.3) is 0 Å². The largest absolute Gasteiger partial charge is 0.454 e. The van der Waals surface area contributed by atoms with Gasteiger partial charge in [-0.3, -0.25) is 0 Å². The molecule has 1 aromatic rings. The molecule has 126 valence electrons. The summed E-state index contributed by atoms with van der Waals surface area (Å²) >= 11 is 2.06. The third kappa shape index (κ3) is 4.70. The lowest BCUT2D eigenvalue weighted by Gasteiger charge is -2.22. The van der Waals surface area contributed by atoms with Gasteiger partial charge in [-0.05, 0) is 54.9 Å². The molecule has 2 heterocycles. The number of nitrogens with zero attached hydrogens (tertiary/aromatic N) is 1. The number of thioether (sulfide) groups is 1. The van der Waals surface area contributed by atoms with E-state index in [4.69, 9.17) is 9.47 Å². The minimum Gasteiger partial charge on any atom is -0.454 e. The number of aliphatic imine (C=N–C) groups is 1. The molecule has 0 unspecified atom stereocenters. The first kappa shape index (κ1) is 16.3. The molecule has 2 aliphatic rings. The molecule has 1 saturated heterocycles. The Kier molecular flexibility index (Phi) is 5.91. The number of rotatable bonds is 5. The van der Waals surface area contributed by atoms with Gasteiger partial charge in [-0.2, -0.15) is 11.8 Å². The van der Waals surface area contributed by atoms with Crippen LogP contribution in [0.15, 0.2) is 23.2 Å². The van der Waals surface area contributed by atoms with Crippen LogP contribution in [0, 0.1) is 5.92 Å². The maximum absolute atomic E-state index is 5.42. The molecule has 0 radical (unpaired) electrons. The molecule has 6 heteroatoms. The minimum absolute atomic E-state index is 0.311. The van der Waals surface area contributed by atoms with Gasteiger partial charge in [0.15, 0.2) is 17.5 Å². The molecule has 3 rings (SSSR count). The topological polar surface area (TPSA) is 54.9 Å². The zero-order chi connectivity index (χ0) is 15.9. The van der Waals surface area contributed by atoms with Crippen molar-refractivity contribution in [3.05, 3.63) is 23.8 Å². The fraction of sp³-hybridized carbons (Fsp3) is 0.588. The Morgan fingerprint density at radius 3 is 2.87 bits per heavy atom. The van der Waals surface area contributed by atoms with Gasteiger partial charge in [0.1, 0.15) is 0 Å². The van der Waals surface area contributed by atoms with E-state index in [2.05, 4.69) is 34.3 Å². The summed E-state index contributed by atoms with van der Waals surface area (Å²) in [5, 5.41) is 6.81. The fourth-order valence-corrected chi connectivity index (χ4v) is 3.95. The molecule has 1 aromatic carbocycles. The van der Waals surface area contributed by atoms with E-state index in [1.807, 2.05) is 18.2 Å². The molecule has 0 atom stereocenters. The Bertz CT molecular complexity index is 545. The fourth-order valence-electron chi connectivity index (χ4n) is 2.74. The Morgan fingerprint density at radius 1 is 1.22 bits per heavy atom. The Morgan fingerprint density at radius 2 is 2.04 bits per heavy atom. The number of hydrogen-bond donors (Lipinski definition) is 2. The molecule has 1 fully saturated rings. The molecule has 0 saturated carbocycles. The summed E-state index contributed by atoms with van der Waals surface area (Å²) in [5.41, 5.74) is 1.13. The molecule has 0 bridgehead atoms. The van der Waals surface area contributed by atoms with E-state index in [0.717, 1.165) is 42.0 Å². The predicted octanol–water partition coefficient (Wildman–Crippen LogP) is 2.61. The van der Waals surface area contributed by atoms with Crippen molar-refractivity contribution in [1.82, 2.24) is 10.6 Å². The van der Waals surface area contributed by atoms with E-state index < -0.39 is 0 Å². The van der Waals surface area contributed by atoms with Crippen LogP contribution in [0.1, 0.15) is 25.3 Å². The van der Waals surface area contributed by atoms with Gasteiger partial charge < -0.3 is 20.1 Å². The second-order valence-electron chi connectivity index (χ2n) is 5.82. The second-order valence-corrected chi connectivity index (χ2v) is 7.04. The number of ether oxygens (including phenoxy) is 2. The van der Waals surface area contributed by atoms with Crippen LogP contribution in [0.3, 0.4) is 0 Å². The van der Waals surface area contributed by atoms with Crippen molar-refractivity contribution in [1.29, 1.82) is 0 Å². The maximum Gasteiger partial charge on any atom is 0.231 e. The normalized spacial score (nSPS) is 18.0. The summed E-state index contributed by atoms with van der Waals surface area (Å²) in [6.45, 7) is 4.91. The van der Waals surface area contributed by atoms with E-state index in [0.29, 0.717) is 13.3 Å². The average Bonchev–Trinajstić information content (AvgIpc) is 3.06. The van der Waals surface area contributed by atoms with Gasteiger partial charge in [-0.25, -0.2) is 4.99 Å². The highest BCUT2D eigenvalue weighted by Gasteiger charge is 2.15. The van der Waals surface area contributed by atoms with Crippen LogP contribution in [-0.2, 0) is 6.54 Å². The highest BCUT2D eigenvalue weighted by molar-refractivity contribution is 7.99. The van der Waals surface area contributed by atoms with Crippen molar-refractivity contribution >= 4 is 17.7 Å². The molecule has 0 spiro atoms. The summed E-state index contributed by atoms with van der Waals surface area (Å²) in [4.78, 5) is 4.69. The Hall–Kier alpha value is -1.56. The summed E-state index contributed by atoms with van der Waals surface area (Å²) < 4.78 is 10.8. The maximum atomic E-state index is 5.42. The number of hydrogen-bond acceptors (Lipinski definition) is 4. The Balaban J connectivity index is 1.55. The number of nitrogens with one attached hydrogen (secondary N) is 2. The van der Waals surface area contributed by atoms with Crippen LogP contribution in [0.4, 0.5) is 0 Å². The van der Waals surface area contributed by atoms with Gasteiger partial charge in [0, 0.05) is 13.1 Å². The SMILES string of the molecule is CCNC(=NCc1ccc2c(c1)OCO2)NCC1CCSCC1. The zero-order valence-electron chi connectivity index (χ0n) is 13.6. The average molecular weight is 335 g/mol. The monoisotopic (exact) mass is 335 g/mol. The van der Waals surface area contributed by atoms with E-state index >= 15 is 0 Å². The number of guanidine groups is 1. The lowest BCUT2D eigenvalue weighted by atomic mass is 10.0. The third-order valence-electron chi connectivity index (χ3n) is 4.10. The van der Waals surface area contributed by atoms with Crippen LogP contribution >= 0.6 is 11.8 Å². The summed E-state index contributed by atoms with van der Waals surface area (Å²) in [6, 6.07) is 6.00. The van der Waals surface area contributed by atoms with E-state index in [-0.39, 0.29) is 0 Å². The molecule has 23 heavy (non-hydrogen) atoms. The first-order chi connectivity index (χ1) is 11.3. The lowest BCUT2D eigenvalue weighted by Crippen LogP contribution is -2.40. The van der Waals surface area contributed by atoms with Crippen molar-refractivity contribution in [2.45, 2.75) is 26.3 Å².